The highest BCUT2D eigenvalue weighted by Crippen LogP contribution is 2.36. The Morgan fingerprint density at radius 1 is 1.40 bits per heavy atom. The molecule has 2 aromatic rings. The molecule has 0 bridgehead atoms. The Labute approximate surface area is 116 Å². The number of amidine groups is 1. The van der Waals surface area contributed by atoms with E-state index in [0.29, 0.717) is 11.6 Å². The van der Waals surface area contributed by atoms with Gasteiger partial charge in [0.25, 0.3) is 0 Å². The minimum atomic E-state index is -0.0196. The van der Waals surface area contributed by atoms with Crippen LogP contribution in [0.2, 0.25) is 0 Å². The molecule has 6 nitrogen and oxygen atoms in total. The molecular weight excluding hydrogens is 254 g/mol. The van der Waals surface area contributed by atoms with Gasteiger partial charge in [0.05, 0.1) is 0 Å². The number of anilines is 2. The first-order valence-corrected chi connectivity index (χ1v) is 6.39. The van der Waals surface area contributed by atoms with Gasteiger partial charge in [-0.3, -0.25) is 0 Å². The Balaban J connectivity index is 2.05. The van der Waals surface area contributed by atoms with E-state index in [4.69, 9.17) is 10.9 Å². The molecule has 0 fully saturated rings. The van der Waals surface area contributed by atoms with Crippen molar-refractivity contribution in [3.63, 3.8) is 0 Å². The van der Waals surface area contributed by atoms with E-state index in [1.165, 1.54) is 5.56 Å². The standard InChI is InChI=1S/C14H15N5O/c1-9-8-10-4-2-3-5-12(10)19(9)14-16-7-6-11(17-14)13(15)18-20/h2-7,9,20H,8H2,1H3,(H2,15,18). The zero-order valence-corrected chi connectivity index (χ0v) is 11.1. The summed E-state index contributed by atoms with van der Waals surface area (Å²) in [5.74, 6) is 0.542. The number of fused-ring (bicyclic) bond motifs is 1. The van der Waals surface area contributed by atoms with Crippen LogP contribution in [0.1, 0.15) is 18.2 Å². The lowest BCUT2D eigenvalue weighted by Gasteiger charge is -2.22. The maximum Gasteiger partial charge on any atom is 0.230 e. The molecule has 0 aliphatic carbocycles. The van der Waals surface area contributed by atoms with Crippen molar-refractivity contribution in [2.45, 2.75) is 19.4 Å². The molecule has 1 aliphatic heterocycles. The number of para-hydroxylation sites is 1. The number of nitrogens with zero attached hydrogens (tertiary/aromatic N) is 4. The lowest BCUT2D eigenvalue weighted by molar-refractivity contribution is 0.318. The molecular formula is C14H15N5O. The first-order chi connectivity index (χ1) is 9.70. The summed E-state index contributed by atoms with van der Waals surface area (Å²) in [4.78, 5) is 10.8. The van der Waals surface area contributed by atoms with Crippen LogP contribution < -0.4 is 10.6 Å². The largest absolute Gasteiger partial charge is 0.409 e. The average molecular weight is 269 g/mol. The third-order valence-electron chi connectivity index (χ3n) is 3.44. The van der Waals surface area contributed by atoms with Crippen LogP contribution in [-0.4, -0.2) is 27.1 Å². The van der Waals surface area contributed by atoms with Crippen LogP contribution in [-0.2, 0) is 6.42 Å². The first kappa shape index (κ1) is 12.4. The van der Waals surface area contributed by atoms with E-state index < -0.39 is 0 Å². The molecule has 0 saturated heterocycles. The van der Waals surface area contributed by atoms with Gasteiger partial charge in [0, 0.05) is 17.9 Å². The zero-order chi connectivity index (χ0) is 14.1. The van der Waals surface area contributed by atoms with Crippen LogP contribution in [0, 0.1) is 0 Å². The maximum atomic E-state index is 8.74. The van der Waals surface area contributed by atoms with E-state index >= 15 is 0 Å². The Morgan fingerprint density at radius 2 is 2.20 bits per heavy atom. The third-order valence-corrected chi connectivity index (χ3v) is 3.44. The van der Waals surface area contributed by atoms with Crippen LogP contribution in [0.5, 0.6) is 0 Å². The second kappa shape index (κ2) is 4.80. The van der Waals surface area contributed by atoms with Crippen molar-refractivity contribution in [2.75, 3.05) is 4.90 Å². The van der Waals surface area contributed by atoms with Gasteiger partial charge in [-0.1, -0.05) is 23.4 Å². The summed E-state index contributed by atoms with van der Waals surface area (Å²) >= 11 is 0. The molecule has 6 heteroatoms. The molecule has 0 saturated carbocycles. The fourth-order valence-corrected chi connectivity index (χ4v) is 2.53. The molecule has 20 heavy (non-hydrogen) atoms. The minimum absolute atomic E-state index is 0.0196. The fourth-order valence-electron chi connectivity index (χ4n) is 2.53. The van der Waals surface area contributed by atoms with E-state index in [1.54, 1.807) is 12.3 Å². The van der Waals surface area contributed by atoms with Gasteiger partial charge in [-0.25, -0.2) is 9.97 Å². The van der Waals surface area contributed by atoms with Gasteiger partial charge < -0.3 is 15.8 Å². The van der Waals surface area contributed by atoms with Crippen molar-refractivity contribution < 1.29 is 5.21 Å². The maximum absolute atomic E-state index is 8.74. The first-order valence-electron chi connectivity index (χ1n) is 6.39. The highest BCUT2D eigenvalue weighted by Gasteiger charge is 2.28. The van der Waals surface area contributed by atoms with E-state index in [2.05, 4.69) is 39.1 Å². The molecule has 1 aromatic heterocycles. The van der Waals surface area contributed by atoms with Gasteiger partial charge >= 0.3 is 0 Å². The van der Waals surface area contributed by atoms with Crippen molar-refractivity contribution in [1.82, 2.24) is 9.97 Å². The monoisotopic (exact) mass is 269 g/mol. The van der Waals surface area contributed by atoms with Gasteiger partial charge in [0.15, 0.2) is 5.84 Å². The number of aromatic nitrogens is 2. The molecule has 3 N–H and O–H groups in total. The summed E-state index contributed by atoms with van der Waals surface area (Å²) in [6, 6.07) is 10.1. The number of hydrogen-bond acceptors (Lipinski definition) is 5. The highest BCUT2D eigenvalue weighted by molar-refractivity contribution is 5.95. The molecule has 2 heterocycles. The number of oxime groups is 1. The van der Waals surface area contributed by atoms with E-state index in [-0.39, 0.29) is 11.9 Å². The van der Waals surface area contributed by atoms with Crippen LogP contribution in [0.4, 0.5) is 11.6 Å². The number of nitrogens with two attached hydrogens (primary N) is 1. The molecule has 1 aliphatic rings. The minimum Gasteiger partial charge on any atom is -0.409 e. The molecule has 0 radical (unpaired) electrons. The predicted octanol–water partition coefficient (Wildman–Crippen LogP) is 1.65. The van der Waals surface area contributed by atoms with Crippen molar-refractivity contribution >= 4 is 17.5 Å². The van der Waals surface area contributed by atoms with Gasteiger partial charge in [-0.2, -0.15) is 0 Å². The van der Waals surface area contributed by atoms with E-state index in [0.717, 1.165) is 12.1 Å². The summed E-state index contributed by atoms with van der Waals surface area (Å²) in [7, 11) is 0. The van der Waals surface area contributed by atoms with Crippen molar-refractivity contribution in [1.29, 1.82) is 0 Å². The van der Waals surface area contributed by atoms with Gasteiger partial charge in [-0.05, 0) is 31.0 Å². The summed E-state index contributed by atoms with van der Waals surface area (Å²) in [6.45, 7) is 2.12. The Bertz CT molecular complexity index is 670. The summed E-state index contributed by atoms with van der Waals surface area (Å²) < 4.78 is 0. The Hall–Kier alpha value is -2.63. The fraction of sp³-hybridized carbons (Fsp3) is 0.214. The molecule has 102 valence electrons. The predicted molar refractivity (Wildman–Crippen MR) is 76.3 cm³/mol. The molecule has 0 spiro atoms. The van der Waals surface area contributed by atoms with Crippen molar-refractivity contribution in [3.05, 3.63) is 47.8 Å². The van der Waals surface area contributed by atoms with Gasteiger partial charge in [0.1, 0.15) is 5.69 Å². The molecule has 1 unspecified atom stereocenters. The topological polar surface area (TPSA) is 87.6 Å². The Kier molecular flexibility index (Phi) is 2.98. The zero-order valence-electron chi connectivity index (χ0n) is 11.1. The van der Waals surface area contributed by atoms with Crippen LogP contribution in [0.25, 0.3) is 0 Å². The highest BCUT2D eigenvalue weighted by atomic mass is 16.4. The molecule has 1 aromatic carbocycles. The van der Waals surface area contributed by atoms with Gasteiger partial charge in [0.2, 0.25) is 5.95 Å². The quantitative estimate of drug-likeness (QED) is 0.374. The Morgan fingerprint density at radius 3 is 3.00 bits per heavy atom. The van der Waals surface area contributed by atoms with Crippen LogP contribution in [0.3, 0.4) is 0 Å². The summed E-state index contributed by atoms with van der Waals surface area (Å²) in [5, 5.41) is 11.7. The second-order valence-electron chi connectivity index (χ2n) is 4.78. The molecule has 3 rings (SSSR count). The summed E-state index contributed by atoms with van der Waals surface area (Å²) in [6.07, 6.45) is 2.57. The number of rotatable bonds is 2. The normalized spacial score (nSPS) is 18.1. The molecule has 0 amide bonds. The lowest BCUT2D eigenvalue weighted by Crippen LogP contribution is -2.27. The SMILES string of the molecule is CC1Cc2ccccc2N1c1nccc(/C(N)=N/O)n1. The second-order valence-corrected chi connectivity index (χ2v) is 4.78. The third kappa shape index (κ3) is 1.95. The van der Waals surface area contributed by atoms with E-state index in [1.807, 2.05) is 12.1 Å². The van der Waals surface area contributed by atoms with Crippen molar-refractivity contribution in [2.24, 2.45) is 10.9 Å². The smallest absolute Gasteiger partial charge is 0.230 e. The summed E-state index contributed by atoms with van der Waals surface area (Å²) in [5.41, 5.74) is 8.38. The molecule has 1 atom stereocenters. The van der Waals surface area contributed by atoms with Crippen molar-refractivity contribution in [3.8, 4) is 0 Å². The van der Waals surface area contributed by atoms with Gasteiger partial charge in [-0.15, -0.1) is 0 Å². The van der Waals surface area contributed by atoms with Crippen LogP contribution >= 0.6 is 0 Å². The number of benzene rings is 1. The lowest BCUT2D eigenvalue weighted by atomic mass is 10.1. The van der Waals surface area contributed by atoms with E-state index in [9.17, 15) is 0 Å². The van der Waals surface area contributed by atoms with Crippen LogP contribution in [0.15, 0.2) is 41.7 Å². The number of hydrogen-bond donors (Lipinski definition) is 2. The average Bonchev–Trinajstić information content (AvgIpc) is 2.82.